The third kappa shape index (κ3) is 3.45. The second-order valence-electron chi connectivity index (χ2n) is 5.09. The van der Waals surface area contributed by atoms with E-state index in [0.29, 0.717) is 18.3 Å². The van der Waals surface area contributed by atoms with Gasteiger partial charge in [0.2, 0.25) is 0 Å². The molecule has 0 atom stereocenters. The van der Waals surface area contributed by atoms with Gasteiger partial charge < -0.3 is 10.6 Å². The Kier molecular flexibility index (Phi) is 4.26. The van der Waals surface area contributed by atoms with Crippen molar-refractivity contribution < 1.29 is 4.79 Å². The Labute approximate surface area is 126 Å². The Balaban J connectivity index is 1.58. The van der Waals surface area contributed by atoms with Gasteiger partial charge in [0.05, 0.1) is 23.8 Å². The molecule has 0 aliphatic carbocycles. The highest BCUT2D eigenvalue weighted by Gasteiger charge is 2.18. The van der Waals surface area contributed by atoms with Crippen LogP contribution in [0, 0.1) is 6.92 Å². The number of hydrogen-bond donors (Lipinski definition) is 2. The Bertz CT molecular complexity index is 616. The zero-order chi connectivity index (χ0) is 14.7. The normalized spacial score (nSPS) is 16.0. The first kappa shape index (κ1) is 14.2. The van der Waals surface area contributed by atoms with Crippen molar-refractivity contribution in [1.82, 2.24) is 30.6 Å². The summed E-state index contributed by atoms with van der Waals surface area (Å²) < 4.78 is 1.81. The van der Waals surface area contributed by atoms with Crippen LogP contribution in [-0.2, 0) is 6.54 Å². The van der Waals surface area contributed by atoms with Crippen molar-refractivity contribution in [2.75, 3.05) is 13.1 Å². The summed E-state index contributed by atoms with van der Waals surface area (Å²) in [5.74, 6) is -0.193. The lowest BCUT2D eigenvalue weighted by Crippen LogP contribution is -2.29. The van der Waals surface area contributed by atoms with Gasteiger partial charge in [0.15, 0.2) is 5.69 Å². The van der Waals surface area contributed by atoms with E-state index in [1.54, 1.807) is 23.7 Å². The lowest BCUT2D eigenvalue weighted by atomic mass is 10.1. The van der Waals surface area contributed by atoms with Gasteiger partial charge in [0.1, 0.15) is 0 Å². The van der Waals surface area contributed by atoms with E-state index in [1.165, 1.54) is 0 Å². The van der Waals surface area contributed by atoms with Crippen molar-refractivity contribution in [1.29, 1.82) is 0 Å². The van der Waals surface area contributed by atoms with Gasteiger partial charge in [-0.25, -0.2) is 9.67 Å². The molecule has 2 aromatic heterocycles. The number of carbonyl (C=O) groups is 1. The van der Waals surface area contributed by atoms with Crippen LogP contribution in [0.4, 0.5) is 0 Å². The second kappa shape index (κ2) is 6.31. The molecule has 0 spiro atoms. The number of nitrogens with zero attached hydrogens (tertiary/aromatic N) is 4. The van der Waals surface area contributed by atoms with E-state index in [0.717, 1.165) is 35.8 Å². The molecule has 1 saturated heterocycles. The fraction of sp³-hybridized carbons (Fsp3) is 0.538. The molecule has 8 heteroatoms. The number of carbonyl (C=O) groups excluding carboxylic acids is 1. The molecule has 1 fully saturated rings. The van der Waals surface area contributed by atoms with E-state index < -0.39 is 0 Å². The van der Waals surface area contributed by atoms with Crippen molar-refractivity contribution in [3.05, 3.63) is 28.0 Å². The number of thiazole rings is 1. The second-order valence-corrected chi connectivity index (χ2v) is 6.41. The standard InChI is InChI=1S/C13H18N6OS/c1-9-15-6-11(21-9)7-16-13(20)12-8-19(18-17-12)10-2-4-14-5-3-10/h6,8,10,14H,2-5,7H2,1H3,(H,16,20). The van der Waals surface area contributed by atoms with Gasteiger partial charge in [-0.05, 0) is 32.9 Å². The van der Waals surface area contributed by atoms with E-state index in [-0.39, 0.29) is 5.91 Å². The van der Waals surface area contributed by atoms with E-state index in [1.807, 2.05) is 11.6 Å². The summed E-state index contributed by atoms with van der Waals surface area (Å²) >= 11 is 1.58. The zero-order valence-electron chi connectivity index (χ0n) is 11.9. The van der Waals surface area contributed by atoms with Crippen molar-refractivity contribution >= 4 is 17.2 Å². The molecule has 3 heterocycles. The molecule has 0 saturated carbocycles. The fourth-order valence-electron chi connectivity index (χ4n) is 2.38. The van der Waals surface area contributed by atoms with Crippen LogP contribution in [0.5, 0.6) is 0 Å². The molecule has 0 radical (unpaired) electrons. The van der Waals surface area contributed by atoms with Crippen molar-refractivity contribution in [2.24, 2.45) is 0 Å². The molecule has 0 unspecified atom stereocenters. The third-order valence-corrected chi connectivity index (χ3v) is 4.43. The monoisotopic (exact) mass is 306 g/mol. The topological polar surface area (TPSA) is 84.7 Å². The van der Waals surface area contributed by atoms with Crippen LogP contribution >= 0.6 is 11.3 Å². The van der Waals surface area contributed by atoms with Crippen molar-refractivity contribution in [2.45, 2.75) is 32.4 Å². The first-order valence-corrected chi connectivity index (χ1v) is 7.86. The number of hydrogen-bond acceptors (Lipinski definition) is 6. The molecular formula is C13H18N6OS. The van der Waals surface area contributed by atoms with Gasteiger partial charge in [-0.1, -0.05) is 5.21 Å². The van der Waals surface area contributed by atoms with Crippen LogP contribution in [-0.4, -0.2) is 39.0 Å². The Morgan fingerprint density at radius 2 is 2.33 bits per heavy atom. The van der Waals surface area contributed by atoms with Gasteiger partial charge in [-0.15, -0.1) is 16.4 Å². The van der Waals surface area contributed by atoms with Crippen molar-refractivity contribution in [3.8, 4) is 0 Å². The number of rotatable bonds is 4. The van der Waals surface area contributed by atoms with Crippen LogP contribution in [0.25, 0.3) is 0 Å². The van der Waals surface area contributed by atoms with Gasteiger partial charge in [0.25, 0.3) is 5.91 Å². The highest BCUT2D eigenvalue weighted by atomic mass is 32.1. The largest absolute Gasteiger partial charge is 0.346 e. The summed E-state index contributed by atoms with van der Waals surface area (Å²) in [4.78, 5) is 17.3. The number of piperidine rings is 1. The van der Waals surface area contributed by atoms with E-state index in [9.17, 15) is 4.79 Å². The lowest BCUT2D eigenvalue weighted by Gasteiger charge is -2.22. The fourth-order valence-corrected chi connectivity index (χ4v) is 3.11. The predicted octanol–water partition coefficient (Wildman–Crippen LogP) is 0.898. The Hall–Kier alpha value is -1.80. The zero-order valence-corrected chi connectivity index (χ0v) is 12.7. The van der Waals surface area contributed by atoms with Gasteiger partial charge in [0, 0.05) is 11.1 Å². The van der Waals surface area contributed by atoms with Crippen molar-refractivity contribution in [3.63, 3.8) is 0 Å². The first-order valence-electron chi connectivity index (χ1n) is 7.04. The molecule has 2 aromatic rings. The maximum Gasteiger partial charge on any atom is 0.273 e. The molecule has 7 nitrogen and oxygen atoms in total. The summed E-state index contributed by atoms with van der Waals surface area (Å²) in [6.07, 6.45) is 5.56. The summed E-state index contributed by atoms with van der Waals surface area (Å²) in [5, 5.41) is 15.2. The quantitative estimate of drug-likeness (QED) is 0.876. The maximum absolute atomic E-state index is 12.1. The lowest BCUT2D eigenvalue weighted by molar-refractivity contribution is 0.0946. The molecule has 112 valence electrons. The number of aryl methyl sites for hydroxylation is 1. The van der Waals surface area contributed by atoms with Crippen LogP contribution < -0.4 is 10.6 Å². The van der Waals surface area contributed by atoms with E-state index in [4.69, 9.17) is 0 Å². The minimum atomic E-state index is -0.193. The highest BCUT2D eigenvalue weighted by Crippen LogP contribution is 2.17. The van der Waals surface area contributed by atoms with Crippen LogP contribution in [0.15, 0.2) is 12.4 Å². The Morgan fingerprint density at radius 1 is 1.52 bits per heavy atom. The van der Waals surface area contributed by atoms with Crippen LogP contribution in [0.1, 0.15) is 39.3 Å². The molecule has 1 aliphatic heterocycles. The summed E-state index contributed by atoms with van der Waals surface area (Å²) in [7, 11) is 0. The molecule has 1 amide bonds. The van der Waals surface area contributed by atoms with Gasteiger partial charge >= 0.3 is 0 Å². The first-order chi connectivity index (χ1) is 10.2. The average Bonchev–Trinajstić information content (AvgIpc) is 3.15. The molecular weight excluding hydrogens is 288 g/mol. The predicted molar refractivity (Wildman–Crippen MR) is 79.2 cm³/mol. The summed E-state index contributed by atoms with van der Waals surface area (Å²) in [6, 6.07) is 0.337. The number of aromatic nitrogens is 4. The van der Waals surface area contributed by atoms with Gasteiger partial charge in [-0.2, -0.15) is 0 Å². The molecule has 1 aliphatic rings. The molecule has 0 aromatic carbocycles. The van der Waals surface area contributed by atoms with E-state index >= 15 is 0 Å². The minimum Gasteiger partial charge on any atom is -0.346 e. The maximum atomic E-state index is 12.1. The third-order valence-electron chi connectivity index (χ3n) is 3.52. The average molecular weight is 306 g/mol. The van der Waals surface area contributed by atoms with Crippen LogP contribution in [0.2, 0.25) is 0 Å². The highest BCUT2D eigenvalue weighted by molar-refractivity contribution is 7.11. The SMILES string of the molecule is Cc1ncc(CNC(=O)c2cn(C3CCNCC3)nn2)s1. The number of nitrogens with one attached hydrogen (secondary N) is 2. The van der Waals surface area contributed by atoms with Gasteiger partial charge in [-0.3, -0.25) is 4.79 Å². The summed E-state index contributed by atoms with van der Waals surface area (Å²) in [5.41, 5.74) is 0.370. The molecule has 0 bridgehead atoms. The molecule has 21 heavy (non-hydrogen) atoms. The minimum absolute atomic E-state index is 0.193. The molecule has 3 rings (SSSR count). The van der Waals surface area contributed by atoms with Crippen LogP contribution in [0.3, 0.4) is 0 Å². The molecule has 2 N–H and O–H groups in total. The van der Waals surface area contributed by atoms with E-state index in [2.05, 4.69) is 25.9 Å². The number of amides is 1. The summed E-state index contributed by atoms with van der Waals surface area (Å²) in [6.45, 7) is 4.39. The smallest absolute Gasteiger partial charge is 0.273 e. The Morgan fingerprint density at radius 3 is 3.05 bits per heavy atom.